The average molecular weight is 411 g/mol. The third-order valence-corrected chi connectivity index (χ3v) is 5.39. The molecule has 1 fully saturated rings. The number of aromatic carboxylic acids is 1. The van der Waals surface area contributed by atoms with Gasteiger partial charge >= 0.3 is 5.97 Å². The topological polar surface area (TPSA) is 95.4 Å². The summed E-state index contributed by atoms with van der Waals surface area (Å²) in [6, 6.07) is 8.56. The molecule has 1 aliphatic rings. The van der Waals surface area contributed by atoms with Crippen molar-refractivity contribution in [2.45, 2.75) is 32.3 Å². The number of halogens is 1. The van der Waals surface area contributed by atoms with Gasteiger partial charge in [-0.1, -0.05) is 29.5 Å². The van der Waals surface area contributed by atoms with Gasteiger partial charge in [0.1, 0.15) is 5.75 Å². The van der Waals surface area contributed by atoms with Crippen LogP contribution in [0, 0.1) is 24.7 Å². The first-order valence-corrected chi connectivity index (χ1v) is 9.69. The standard InChI is InChI=1S/C22H19ClN2O4/c1-12-5-8-15(10-16(12)21(27)28)29-22-24-18-9-14(17(23)11-19(18)25-22)7-6-13-3-2-4-20(13)26/h5,8-11,13,20,26H,2-4H2,1H3,(H,24,25)(H,27,28). The van der Waals surface area contributed by atoms with E-state index in [4.69, 9.17) is 16.3 Å². The summed E-state index contributed by atoms with van der Waals surface area (Å²) < 4.78 is 5.70. The fraction of sp³-hybridized carbons (Fsp3) is 0.273. The van der Waals surface area contributed by atoms with Crippen LogP contribution in [0.3, 0.4) is 0 Å². The molecule has 0 radical (unpaired) electrons. The van der Waals surface area contributed by atoms with Crippen LogP contribution in [0.25, 0.3) is 11.0 Å². The van der Waals surface area contributed by atoms with Crippen molar-refractivity contribution in [2.24, 2.45) is 5.92 Å². The number of carboxylic acids is 1. The van der Waals surface area contributed by atoms with Gasteiger partial charge in [0.25, 0.3) is 6.01 Å². The number of nitrogens with one attached hydrogen (secondary N) is 1. The Hall–Kier alpha value is -3.01. The monoisotopic (exact) mass is 410 g/mol. The Morgan fingerprint density at radius 3 is 2.86 bits per heavy atom. The van der Waals surface area contributed by atoms with Crippen molar-refractivity contribution in [3.63, 3.8) is 0 Å². The minimum absolute atomic E-state index is 0.0209. The minimum Gasteiger partial charge on any atom is -0.478 e. The summed E-state index contributed by atoms with van der Waals surface area (Å²) in [7, 11) is 0. The quantitative estimate of drug-likeness (QED) is 0.551. The highest BCUT2D eigenvalue weighted by Gasteiger charge is 2.23. The summed E-state index contributed by atoms with van der Waals surface area (Å²) in [5, 5.41) is 19.6. The van der Waals surface area contributed by atoms with Crippen molar-refractivity contribution in [3.8, 4) is 23.6 Å². The number of aryl methyl sites for hydroxylation is 1. The first-order valence-electron chi connectivity index (χ1n) is 9.31. The van der Waals surface area contributed by atoms with Gasteiger partial charge in [0, 0.05) is 11.5 Å². The van der Waals surface area contributed by atoms with Gasteiger partial charge in [-0.3, -0.25) is 0 Å². The number of ether oxygens (including phenoxy) is 1. The number of fused-ring (bicyclic) bond motifs is 1. The number of aliphatic hydroxyl groups excluding tert-OH is 1. The minimum atomic E-state index is -1.01. The SMILES string of the molecule is Cc1ccc(Oc2nc3cc(Cl)c(C#CC4CCCC4O)cc3[nH]2)cc1C(=O)O. The number of carboxylic acid groups (broad SMARTS) is 1. The zero-order chi connectivity index (χ0) is 20.5. The molecule has 2 aromatic carbocycles. The Balaban J connectivity index is 1.61. The zero-order valence-corrected chi connectivity index (χ0v) is 16.5. The number of hydrogen-bond acceptors (Lipinski definition) is 4. The Kier molecular flexibility index (Phi) is 5.18. The number of carbonyl (C=O) groups is 1. The number of imidazole rings is 1. The average Bonchev–Trinajstić information content (AvgIpc) is 3.26. The van der Waals surface area contributed by atoms with E-state index in [0.29, 0.717) is 32.9 Å². The molecule has 7 heteroatoms. The lowest BCUT2D eigenvalue weighted by atomic mass is 10.1. The second-order valence-electron chi connectivity index (χ2n) is 7.15. The first-order chi connectivity index (χ1) is 13.9. The third kappa shape index (κ3) is 4.07. The molecule has 1 saturated carbocycles. The third-order valence-electron chi connectivity index (χ3n) is 5.07. The summed E-state index contributed by atoms with van der Waals surface area (Å²) in [5.41, 5.74) is 2.79. The summed E-state index contributed by atoms with van der Waals surface area (Å²) in [6.07, 6.45) is 2.29. The zero-order valence-electron chi connectivity index (χ0n) is 15.7. The number of benzene rings is 2. The predicted molar refractivity (Wildman–Crippen MR) is 110 cm³/mol. The second-order valence-corrected chi connectivity index (χ2v) is 7.56. The van der Waals surface area contributed by atoms with Crippen LogP contribution in [-0.2, 0) is 0 Å². The molecular weight excluding hydrogens is 392 g/mol. The van der Waals surface area contributed by atoms with Crippen LogP contribution in [-0.4, -0.2) is 32.3 Å². The highest BCUT2D eigenvalue weighted by Crippen LogP contribution is 2.28. The van der Waals surface area contributed by atoms with Gasteiger partial charge in [-0.25, -0.2) is 4.79 Å². The number of aromatic nitrogens is 2. The van der Waals surface area contributed by atoms with Crippen molar-refractivity contribution in [1.82, 2.24) is 9.97 Å². The van der Waals surface area contributed by atoms with Crippen LogP contribution in [0.15, 0.2) is 30.3 Å². The van der Waals surface area contributed by atoms with E-state index >= 15 is 0 Å². The van der Waals surface area contributed by atoms with Gasteiger partial charge in [-0.15, -0.1) is 0 Å². The highest BCUT2D eigenvalue weighted by molar-refractivity contribution is 6.32. The molecule has 3 N–H and O–H groups in total. The molecule has 1 aliphatic carbocycles. The molecule has 2 unspecified atom stereocenters. The number of rotatable bonds is 3. The number of aromatic amines is 1. The van der Waals surface area contributed by atoms with Gasteiger partial charge in [-0.05, 0) is 56.0 Å². The summed E-state index contributed by atoms with van der Waals surface area (Å²) in [6.45, 7) is 1.73. The maximum Gasteiger partial charge on any atom is 0.336 e. The number of hydrogen-bond donors (Lipinski definition) is 3. The largest absolute Gasteiger partial charge is 0.478 e. The lowest BCUT2D eigenvalue weighted by molar-refractivity contribution is 0.0695. The Labute approximate surface area is 172 Å². The van der Waals surface area contributed by atoms with E-state index in [1.54, 1.807) is 31.2 Å². The Morgan fingerprint density at radius 2 is 2.14 bits per heavy atom. The molecule has 2 atom stereocenters. The van der Waals surface area contributed by atoms with E-state index < -0.39 is 5.97 Å². The molecule has 1 aromatic heterocycles. The van der Waals surface area contributed by atoms with Gasteiger partial charge in [-0.2, -0.15) is 4.98 Å². The maximum absolute atomic E-state index is 11.3. The van der Waals surface area contributed by atoms with Crippen molar-refractivity contribution >= 4 is 28.6 Å². The van der Waals surface area contributed by atoms with Crippen LogP contribution in [0.2, 0.25) is 5.02 Å². The van der Waals surface area contributed by atoms with E-state index in [1.165, 1.54) is 6.07 Å². The first kappa shape index (κ1) is 19.3. The van der Waals surface area contributed by atoms with Crippen LogP contribution in [0.1, 0.15) is 40.7 Å². The van der Waals surface area contributed by atoms with Gasteiger partial charge in [0.15, 0.2) is 0 Å². The Morgan fingerprint density at radius 1 is 1.31 bits per heavy atom. The van der Waals surface area contributed by atoms with Crippen molar-refractivity contribution in [3.05, 3.63) is 52.0 Å². The van der Waals surface area contributed by atoms with Gasteiger partial charge in [0.05, 0.1) is 27.7 Å². The maximum atomic E-state index is 11.3. The number of nitrogens with zero attached hydrogens (tertiary/aromatic N) is 1. The normalized spacial score (nSPS) is 18.4. The van der Waals surface area contributed by atoms with Crippen molar-refractivity contribution < 1.29 is 19.7 Å². The molecule has 0 bridgehead atoms. The van der Waals surface area contributed by atoms with Crippen LogP contribution < -0.4 is 4.74 Å². The Bertz CT molecular complexity index is 1160. The highest BCUT2D eigenvalue weighted by atomic mass is 35.5. The van der Waals surface area contributed by atoms with Gasteiger partial charge in [0.2, 0.25) is 0 Å². The fourth-order valence-electron chi connectivity index (χ4n) is 3.44. The lowest BCUT2D eigenvalue weighted by Crippen LogP contribution is -2.10. The van der Waals surface area contributed by atoms with Crippen molar-refractivity contribution in [2.75, 3.05) is 0 Å². The number of H-pyrrole nitrogens is 1. The predicted octanol–water partition coefficient (Wildman–Crippen LogP) is 4.53. The summed E-state index contributed by atoms with van der Waals surface area (Å²) in [5.74, 6) is 5.52. The van der Waals surface area contributed by atoms with Crippen LogP contribution >= 0.6 is 11.6 Å². The lowest BCUT2D eigenvalue weighted by Gasteiger charge is -2.05. The fourth-order valence-corrected chi connectivity index (χ4v) is 3.64. The van der Waals surface area contributed by atoms with Crippen LogP contribution in [0.4, 0.5) is 0 Å². The van der Waals surface area contributed by atoms with E-state index in [9.17, 15) is 15.0 Å². The molecule has 0 aliphatic heterocycles. The number of aliphatic hydroxyl groups is 1. The van der Waals surface area contributed by atoms with E-state index in [2.05, 4.69) is 21.8 Å². The summed E-state index contributed by atoms with van der Waals surface area (Å²) in [4.78, 5) is 18.7. The molecule has 3 aromatic rings. The molecular formula is C22H19ClN2O4. The van der Waals surface area contributed by atoms with E-state index in [1.807, 2.05) is 0 Å². The molecule has 1 heterocycles. The molecule has 0 saturated heterocycles. The molecule has 0 spiro atoms. The van der Waals surface area contributed by atoms with E-state index in [0.717, 1.165) is 19.3 Å². The molecule has 4 rings (SSSR count). The van der Waals surface area contributed by atoms with Crippen LogP contribution in [0.5, 0.6) is 11.8 Å². The van der Waals surface area contributed by atoms with E-state index in [-0.39, 0.29) is 23.6 Å². The molecule has 148 valence electrons. The molecule has 6 nitrogen and oxygen atoms in total. The molecule has 29 heavy (non-hydrogen) atoms. The smallest absolute Gasteiger partial charge is 0.336 e. The second kappa shape index (κ2) is 7.78. The van der Waals surface area contributed by atoms with Gasteiger partial charge < -0.3 is 19.9 Å². The summed E-state index contributed by atoms with van der Waals surface area (Å²) >= 11 is 6.34. The molecule has 0 amide bonds. The van der Waals surface area contributed by atoms with Crippen molar-refractivity contribution in [1.29, 1.82) is 0 Å².